The fourth-order valence-electron chi connectivity index (χ4n) is 0.950. The van der Waals surface area contributed by atoms with Crippen LogP contribution in [0.1, 0.15) is 11.7 Å². The van der Waals surface area contributed by atoms with E-state index in [2.05, 4.69) is 0 Å². The Kier molecular flexibility index (Phi) is 3.52. The van der Waals surface area contributed by atoms with Crippen LogP contribution in [0.25, 0.3) is 0 Å². The first-order valence-corrected chi connectivity index (χ1v) is 4.91. The van der Waals surface area contributed by atoms with Crippen molar-refractivity contribution in [3.8, 4) is 0 Å². The van der Waals surface area contributed by atoms with Crippen LogP contribution in [-0.2, 0) is 0 Å². The van der Waals surface area contributed by atoms with Crippen molar-refractivity contribution in [1.29, 1.82) is 0 Å². The predicted octanol–water partition coefficient (Wildman–Crippen LogP) is 1.72. The van der Waals surface area contributed by atoms with E-state index in [4.69, 9.17) is 9.52 Å². The standard InChI is InChI=1S/C8H12O2S/c1-11-6-7(5-9)8-3-2-4-10-8/h2-4,7,9H,5-6H2,1H3. The average molecular weight is 172 g/mol. The maximum absolute atomic E-state index is 8.96. The molecule has 3 heteroatoms. The lowest BCUT2D eigenvalue weighted by molar-refractivity contribution is 0.259. The Labute approximate surface area is 70.6 Å². The zero-order valence-electron chi connectivity index (χ0n) is 6.49. The van der Waals surface area contributed by atoms with Gasteiger partial charge in [0.05, 0.1) is 12.9 Å². The zero-order valence-corrected chi connectivity index (χ0v) is 7.30. The number of furan rings is 1. The Morgan fingerprint density at radius 1 is 1.73 bits per heavy atom. The van der Waals surface area contributed by atoms with E-state index in [0.29, 0.717) is 0 Å². The fourth-order valence-corrected chi connectivity index (χ4v) is 1.62. The SMILES string of the molecule is CSCC(CO)c1ccco1. The van der Waals surface area contributed by atoms with Crippen LogP contribution in [0.5, 0.6) is 0 Å². The average Bonchev–Trinajstić information content (AvgIpc) is 2.52. The third-order valence-corrected chi connectivity index (χ3v) is 2.27. The zero-order chi connectivity index (χ0) is 8.10. The summed E-state index contributed by atoms with van der Waals surface area (Å²) in [4.78, 5) is 0. The normalized spacial score (nSPS) is 13.3. The van der Waals surface area contributed by atoms with Gasteiger partial charge >= 0.3 is 0 Å². The van der Waals surface area contributed by atoms with E-state index in [1.165, 1.54) is 0 Å². The van der Waals surface area contributed by atoms with Crippen LogP contribution in [0.2, 0.25) is 0 Å². The summed E-state index contributed by atoms with van der Waals surface area (Å²) >= 11 is 1.71. The van der Waals surface area contributed by atoms with Crippen LogP contribution >= 0.6 is 11.8 Å². The van der Waals surface area contributed by atoms with E-state index < -0.39 is 0 Å². The maximum atomic E-state index is 8.96. The molecule has 1 atom stereocenters. The van der Waals surface area contributed by atoms with E-state index >= 15 is 0 Å². The molecule has 0 aliphatic heterocycles. The summed E-state index contributed by atoms with van der Waals surface area (Å²) in [5, 5.41) is 8.96. The van der Waals surface area contributed by atoms with E-state index in [1.807, 2.05) is 18.4 Å². The number of thioether (sulfide) groups is 1. The van der Waals surface area contributed by atoms with Crippen molar-refractivity contribution < 1.29 is 9.52 Å². The third kappa shape index (κ3) is 2.27. The highest BCUT2D eigenvalue weighted by molar-refractivity contribution is 7.98. The minimum Gasteiger partial charge on any atom is -0.469 e. The first-order valence-electron chi connectivity index (χ1n) is 3.51. The lowest BCUT2D eigenvalue weighted by atomic mass is 10.1. The Hall–Kier alpha value is -0.410. The summed E-state index contributed by atoms with van der Waals surface area (Å²) < 4.78 is 5.17. The van der Waals surface area contributed by atoms with Crippen LogP contribution in [0, 0.1) is 0 Å². The van der Waals surface area contributed by atoms with Gasteiger partial charge in [-0.3, -0.25) is 0 Å². The van der Waals surface area contributed by atoms with Gasteiger partial charge in [-0.15, -0.1) is 0 Å². The summed E-state index contributed by atoms with van der Waals surface area (Å²) in [6.45, 7) is 0.161. The molecule has 1 unspecified atom stereocenters. The molecule has 0 saturated heterocycles. The van der Waals surface area contributed by atoms with E-state index in [1.54, 1.807) is 18.0 Å². The number of hydrogen-bond donors (Lipinski definition) is 1. The number of rotatable bonds is 4. The topological polar surface area (TPSA) is 33.4 Å². The van der Waals surface area contributed by atoms with Crippen molar-refractivity contribution in [2.45, 2.75) is 5.92 Å². The molecule has 0 saturated carbocycles. The molecule has 1 aromatic rings. The molecular weight excluding hydrogens is 160 g/mol. The van der Waals surface area contributed by atoms with Crippen molar-refractivity contribution in [1.82, 2.24) is 0 Å². The minimum absolute atomic E-state index is 0.153. The molecular formula is C8H12O2S. The minimum atomic E-state index is 0.153. The highest BCUT2D eigenvalue weighted by Crippen LogP contribution is 2.19. The second kappa shape index (κ2) is 4.46. The number of hydrogen-bond acceptors (Lipinski definition) is 3. The molecule has 0 spiro atoms. The monoisotopic (exact) mass is 172 g/mol. The van der Waals surface area contributed by atoms with Gasteiger partial charge in [-0.05, 0) is 18.4 Å². The van der Waals surface area contributed by atoms with E-state index in [0.717, 1.165) is 11.5 Å². The molecule has 0 amide bonds. The summed E-state index contributed by atoms with van der Waals surface area (Å²) in [5.41, 5.74) is 0. The third-order valence-electron chi connectivity index (χ3n) is 1.53. The van der Waals surface area contributed by atoms with Gasteiger partial charge in [-0.25, -0.2) is 0 Å². The van der Waals surface area contributed by atoms with E-state index in [9.17, 15) is 0 Å². The molecule has 1 aromatic heterocycles. The van der Waals surface area contributed by atoms with Crippen molar-refractivity contribution in [2.75, 3.05) is 18.6 Å². The molecule has 0 aliphatic carbocycles. The molecule has 1 N–H and O–H groups in total. The largest absolute Gasteiger partial charge is 0.469 e. The van der Waals surface area contributed by atoms with Crippen LogP contribution in [0.4, 0.5) is 0 Å². The van der Waals surface area contributed by atoms with Gasteiger partial charge in [-0.1, -0.05) is 0 Å². The molecule has 0 fully saturated rings. The second-order valence-electron chi connectivity index (χ2n) is 2.35. The summed E-state index contributed by atoms with van der Waals surface area (Å²) in [7, 11) is 0. The van der Waals surface area contributed by atoms with Gasteiger partial charge in [0, 0.05) is 11.7 Å². The number of aliphatic hydroxyl groups is 1. The number of aliphatic hydroxyl groups excluding tert-OH is 1. The summed E-state index contributed by atoms with van der Waals surface area (Å²) in [5.74, 6) is 1.94. The van der Waals surface area contributed by atoms with Gasteiger partial charge in [0.2, 0.25) is 0 Å². The highest BCUT2D eigenvalue weighted by Gasteiger charge is 2.11. The van der Waals surface area contributed by atoms with Gasteiger partial charge in [0.25, 0.3) is 0 Å². The van der Waals surface area contributed by atoms with Crippen LogP contribution in [0.15, 0.2) is 22.8 Å². The molecule has 0 aliphatic rings. The predicted molar refractivity (Wildman–Crippen MR) is 46.9 cm³/mol. The highest BCUT2D eigenvalue weighted by atomic mass is 32.2. The molecule has 0 radical (unpaired) electrons. The van der Waals surface area contributed by atoms with Crippen LogP contribution in [0.3, 0.4) is 0 Å². The second-order valence-corrected chi connectivity index (χ2v) is 3.26. The van der Waals surface area contributed by atoms with Gasteiger partial charge in [-0.2, -0.15) is 11.8 Å². The lowest BCUT2D eigenvalue weighted by Gasteiger charge is -2.07. The van der Waals surface area contributed by atoms with Crippen LogP contribution in [-0.4, -0.2) is 23.7 Å². The van der Waals surface area contributed by atoms with Crippen molar-refractivity contribution >= 4 is 11.8 Å². The van der Waals surface area contributed by atoms with Crippen molar-refractivity contribution in [3.05, 3.63) is 24.2 Å². The van der Waals surface area contributed by atoms with Crippen molar-refractivity contribution in [3.63, 3.8) is 0 Å². The molecule has 62 valence electrons. The Bertz CT molecular complexity index is 184. The molecule has 11 heavy (non-hydrogen) atoms. The molecule has 1 heterocycles. The van der Waals surface area contributed by atoms with Crippen molar-refractivity contribution in [2.24, 2.45) is 0 Å². The molecule has 1 rings (SSSR count). The fraction of sp³-hybridized carbons (Fsp3) is 0.500. The quantitative estimate of drug-likeness (QED) is 0.750. The lowest BCUT2D eigenvalue weighted by Crippen LogP contribution is -2.05. The van der Waals surface area contributed by atoms with Gasteiger partial charge in [0.1, 0.15) is 5.76 Å². The van der Waals surface area contributed by atoms with E-state index in [-0.39, 0.29) is 12.5 Å². The van der Waals surface area contributed by atoms with Gasteiger partial charge < -0.3 is 9.52 Å². The molecule has 2 nitrogen and oxygen atoms in total. The molecule has 0 bridgehead atoms. The molecule has 0 aromatic carbocycles. The summed E-state index contributed by atoms with van der Waals surface area (Å²) in [6, 6.07) is 3.75. The first-order chi connectivity index (χ1) is 5.38. The van der Waals surface area contributed by atoms with Crippen LogP contribution < -0.4 is 0 Å². The Morgan fingerprint density at radius 2 is 2.55 bits per heavy atom. The Balaban J connectivity index is 2.56. The Morgan fingerprint density at radius 3 is 3.00 bits per heavy atom. The van der Waals surface area contributed by atoms with Gasteiger partial charge in [0.15, 0.2) is 0 Å². The maximum Gasteiger partial charge on any atom is 0.109 e. The smallest absolute Gasteiger partial charge is 0.109 e. The first kappa shape index (κ1) is 8.68. The summed E-state index contributed by atoms with van der Waals surface area (Å²) in [6.07, 6.45) is 3.66.